The zero-order valence-corrected chi connectivity index (χ0v) is 11.2. The molecule has 1 aromatic carbocycles. The summed E-state index contributed by atoms with van der Waals surface area (Å²) in [6.07, 6.45) is 3.43. The molecule has 3 N–H and O–H groups in total. The largest absolute Gasteiger partial charge is 0.507 e. The molecule has 0 bridgehead atoms. The van der Waals surface area contributed by atoms with Crippen LogP contribution >= 0.6 is 0 Å². The molecule has 0 spiro atoms. The third-order valence-electron chi connectivity index (χ3n) is 3.70. The zero-order valence-electron chi connectivity index (χ0n) is 11.2. The van der Waals surface area contributed by atoms with Crippen LogP contribution in [0.1, 0.15) is 41.6 Å². The van der Waals surface area contributed by atoms with Gasteiger partial charge in [0.25, 0.3) is 5.91 Å². The van der Waals surface area contributed by atoms with E-state index in [1.165, 1.54) is 0 Å². The smallest absolute Gasteiger partial charge is 0.255 e. The Morgan fingerprint density at radius 3 is 2.89 bits per heavy atom. The van der Waals surface area contributed by atoms with Crippen LogP contribution in [0.3, 0.4) is 0 Å². The number of benzene rings is 1. The van der Waals surface area contributed by atoms with Gasteiger partial charge in [0.2, 0.25) is 0 Å². The van der Waals surface area contributed by atoms with Crippen molar-refractivity contribution in [2.75, 3.05) is 6.54 Å². The molecule has 1 aromatic rings. The lowest BCUT2D eigenvalue weighted by molar-refractivity contribution is 0.0872. The van der Waals surface area contributed by atoms with E-state index in [9.17, 15) is 15.0 Å². The van der Waals surface area contributed by atoms with Crippen LogP contribution in [0.4, 0.5) is 0 Å². The minimum atomic E-state index is -0.252. The van der Waals surface area contributed by atoms with Gasteiger partial charge in [-0.05, 0) is 49.8 Å². The fourth-order valence-corrected chi connectivity index (χ4v) is 2.61. The van der Waals surface area contributed by atoms with Gasteiger partial charge in [-0.1, -0.05) is 12.5 Å². The molecule has 0 radical (unpaired) electrons. The van der Waals surface area contributed by atoms with Gasteiger partial charge in [0, 0.05) is 6.54 Å². The molecule has 2 unspecified atom stereocenters. The number of aliphatic hydroxyl groups is 1. The standard InChI is InChI=1S/C15H21NO3/c1-10-5-6-13(14(18)7-10)15(19)16-9-11-3-2-4-12(17)8-11/h5-7,11-12,17-18H,2-4,8-9H2,1H3,(H,16,19). The van der Waals surface area contributed by atoms with Crippen LogP contribution < -0.4 is 5.32 Å². The summed E-state index contributed by atoms with van der Waals surface area (Å²) in [5.41, 5.74) is 1.23. The van der Waals surface area contributed by atoms with Crippen molar-refractivity contribution in [2.45, 2.75) is 38.7 Å². The minimum absolute atomic E-state index is 0.0150. The number of aryl methyl sites for hydroxylation is 1. The Hall–Kier alpha value is -1.55. The molecular formula is C15H21NO3. The lowest BCUT2D eigenvalue weighted by Crippen LogP contribution is -2.33. The summed E-state index contributed by atoms with van der Waals surface area (Å²) >= 11 is 0. The molecule has 2 rings (SSSR count). The number of phenols is 1. The molecule has 0 aromatic heterocycles. The molecule has 1 amide bonds. The monoisotopic (exact) mass is 263 g/mol. The molecule has 0 aliphatic heterocycles. The summed E-state index contributed by atoms with van der Waals surface area (Å²) in [6.45, 7) is 2.42. The SMILES string of the molecule is Cc1ccc(C(=O)NCC2CCCC(O)C2)c(O)c1. The molecule has 0 saturated heterocycles. The first-order chi connectivity index (χ1) is 9.06. The molecule has 4 heteroatoms. The van der Waals surface area contributed by atoms with Crippen LogP contribution in [0.2, 0.25) is 0 Å². The number of aromatic hydroxyl groups is 1. The van der Waals surface area contributed by atoms with Crippen LogP contribution in [-0.2, 0) is 0 Å². The number of phenolic OH excluding ortho intramolecular Hbond substituents is 1. The highest BCUT2D eigenvalue weighted by atomic mass is 16.3. The first kappa shape index (κ1) is 13.9. The quantitative estimate of drug-likeness (QED) is 0.781. The van der Waals surface area contributed by atoms with E-state index < -0.39 is 0 Å². The number of carbonyl (C=O) groups is 1. The lowest BCUT2D eigenvalue weighted by Gasteiger charge is -2.25. The van der Waals surface area contributed by atoms with Gasteiger partial charge < -0.3 is 15.5 Å². The molecule has 19 heavy (non-hydrogen) atoms. The van der Waals surface area contributed by atoms with Gasteiger partial charge in [-0.3, -0.25) is 4.79 Å². The van der Waals surface area contributed by atoms with Crippen molar-refractivity contribution in [1.29, 1.82) is 0 Å². The van der Waals surface area contributed by atoms with E-state index in [0.29, 0.717) is 18.0 Å². The maximum atomic E-state index is 12.0. The Balaban J connectivity index is 1.90. The van der Waals surface area contributed by atoms with Crippen LogP contribution in [0.15, 0.2) is 18.2 Å². The average molecular weight is 263 g/mol. The third kappa shape index (κ3) is 3.70. The summed E-state index contributed by atoms with van der Waals surface area (Å²) in [7, 11) is 0. The summed E-state index contributed by atoms with van der Waals surface area (Å²) in [5, 5.41) is 22.2. The Morgan fingerprint density at radius 1 is 1.42 bits per heavy atom. The minimum Gasteiger partial charge on any atom is -0.507 e. The van der Waals surface area contributed by atoms with E-state index in [2.05, 4.69) is 5.32 Å². The van der Waals surface area contributed by atoms with Crippen LogP contribution in [-0.4, -0.2) is 28.8 Å². The molecular weight excluding hydrogens is 242 g/mol. The van der Waals surface area contributed by atoms with Crippen molar-refractivity contribution in [2.24, 2.45) is 5.92 Å². The van der Waals surface area contributed by atoms with Gasteiger partial charge in [0.15, 0.2) is 0 Å². The second-order valence-corrected chi connectivity index (χ2v) is 5.42. The van der Waals surface area contributed by atoms with Crippen LogP contribution in [0.5, 0.6) is 5.75 Å². The number of carbonyl (C=O) groups excluding carboxylic acids is 1. The van der Waals surface area contributed by atoms with Crippen molar-refractivity contribution in [3.63, 3.8) is 0 Å². The summed E-state index contributed by atoms with van der Waals surface area (Å²) in [5.74, 6) is 0.0963. The highest BCUT2D eigenvalue weighted by molar-refractivity contribution is 5.96. The third-order valence-corrected chi connectivity index (χ3v) is 3.70. The van der Waals surface area contributed by atoms with E-state index in [0.717, 1.165) is 31.2 Å². The first-order valence-corrected chi connectivity index (χ1v) is 6.82. The Bertz CT molecular complexity index is 459. The second-order valence-electron chi connectivity index (χ2n) is 5.42. The fraction of sp³-hybridized carbons (Fsp3) is 0.533. The number of amides is 1. The second kappa shape index (κ2) is 6.06. The Morgan fingerprint density at radius 2 is 2.21 bits per heavy atom. The van der Waals surface area contributed by atoms with E-state index >= 15 is 0 Å². The van der Waals surface area contributed by atoms with Crippen molar-refractivity contribution in [1.82, 2.24) is 5.32 Å². The predicted octanol–water partition coefficient (Wildman–Crippen LogP) is 1.98. The number of hydrogen-bond donors (Lipinski definition) is 3. The molecule has 0 heterocycles. The van der Waals surface area contributed by atoms with E-state index in [1.54, 1.807) is 18.2 Å². The van der Waals surface area contributed by atoms with Crippen molar-refractivity contribution < 1.29 is 15.0 Å². The van der Waals surface area contributed by atoms with Gasteiger partial charge in [0.05, 0.1) is 11.7 Å². The molecule has 2 atom stereocenters. The normalized spacial score (nSPS) is 23.1. The van der Waals surface area contributed by atoms with E-state index in [4.69, 9.17) is 0 Å². The Labute approximate surface area is 113 Å². The topological polar surface area (TPSA) is 69.6 Å². The first-order valence-electron chi connectivity index (χ1n) is 6.82. The van der Waals surface area contributed by atoms with Gasteiger partial charge in [-0.25, -0.2) is 0 Å². The molecule has 1 saturated carbocycles. The van der Waals surface area contributed by atoms with Gasteiger partial charge in [-0.2, -0.15) is 0 Å². The van der Waals surface area contributed by atoms with Gasteiger partial charge in [-0.15, -0.1) is 0 Å². The maximum absolute atomic E-state index is 12.0. The van der Waals surface area contributed by atoms with Gasteiger partial charge in [0.1, 0.15) is 5.75 Å². The number of aliphatic hydroxyl groups excluding tert-OH is 1. The van der Waals surface area contributed by atoms with Crippen molar-refractivity contribution in [3.05, 3.63) is 29.3 Å². The summed E-state index contributed by atoms with van der Waals surface area (Å²) in [4.78, 5) is 12.0. The molecule has 1 fully saturated rings. The molecule has 1 aliphatic carbocycles. The van der Waals surface area contributed by atoms with Crippen LogP contribution in [0.25, 0.3) is 0 Å². The number of nitrogens with one attached hydrogen (secondary N) is 1. The van der Waals surface area contributed by atoms with Crippen LogP contribution in [0, 0.1) is 12.8 Å². The molecule has 104 valence electrons. The maximum Gasteiger partial charge on any atom is 0.255 e. The zero-order chi connectivity index (χ0) is 13.8. The summed E-state index contributed by atoms with van der Waals surface area (Å²) < 4.78 is 0. The highest BCUT2D eigenvalue weighted by Crippen LogP contribution is 2.24. The van der Waals surface area contributed by atoms with E-state index in [1.807, 2.05) is 6.92 Å². The highest BCUT2D eigenvalue weighted by Gasteiger charge is 2.21. The van der Waals surface area contributed by atoms with Crippen molar-refractivity contribution >= 4 is 5.91 Å². The summed E-state index contributed by atoms with van der Waals surface area (Å²) in [6, 6.07) is 5.02. The number of rotatable bonds is 3. The lowest BCUT2D eigenvalue weighted by atomic mass is 9.87. The Kier molecular flexibility index (Phi) is 4.43. The fourth-order valence-electron chi connectivity index (χ4n) is 2.61. The van der Waals surface area contributed by atoms with E-state index in [-0.39, 0.29) is 17.8 Å². The molecule has 1 aliphatic rings. The predicted molar refractivity (Wildman–Crippen MR) is 73.1 cm³/mol. The van der Waals surface area contributed by atoms with Gasteiger partial charge >= 0.3 is 0 Å². The number of hydrogen-bond acceptors (Lipinski definition) is 3. The average Bonchev–Trinajstić information content (AvgIpc) is 2.36. The van der Waals surface area contributed by atoms with Crippen molar-refractivity contribution in [3.8, 4) is 5.75 Å². The molecule has 4 nitrogen and oxygen atoms in total.